The van der Waals surface area contributed by atoms with Crippen LogP contribution in [0.15, 0.2) is 29.3 Å². The lowest BCUT2D eigenvalue weighted by molar-refractivity contribution is 0.0827. The van der Waals surface area contributed by atoms with E-state index in [1.54, 1.807) is 26.0 Å². The lowest BCUT2D eigenvalue weighted by atomic mass is 10.1. The summed E-state index contributed by atoms with van der Waals surface area (Å²) >= 11 is 0. The molecular weight excluding hydrogens is 304 g/mol. The van der Waals surface area contributed by atoms with Gasteiger partial charge in [-0.25, -0.2) is 0 Å². The molecule has 0 aliphatic carbocycles. The van der Waals surface area contributed by atoms with Crippen LogP contribution in [0.25, 0.3) is 0 Å². The zero-order valence-corrected chi connectivity index (χ0v) is 15.1. The summed E-state index contributed by atoms with van der Waals surface area (Å²) in [5.41, 5.74) is 1.82. The average Bonchev–Trinajstić information content (AvgIpc) is 3.08. The summed E-state index contributed by atoms with van der Waals surface area (Å²) in [6, 6.07) is 7.67. The Hall–Kier alpha value is -2.08. The van der Waals surface area contributed by atoms with Crippen LogP contribution in [-0.2, 0) is 11.3 Å². The first-order valence-corrected chi connectivity index (χ1v) is 8.31. The van der Waals surface area contributed by atoms with Crippen molar-refractivity contribution in [3.8, 4) is 0 Å². The number of ether oxygens (including phenoxy) is 1. The minimum absolute atomic E-state index is 0.0174. The Bertz CT molecular complexity index is 563. The number of nitrogens with one attached hydrogen (secondary N) is 1. The van der Waals surface area contributed by atoms with E-state index in [1.165, 1.54) is 0 Å². The van der Waals surface area contributed by atoms with Gasteiger partial charge in [0.25, 0.3) is 5.91 Å². The molecule has 1 amide bonds. The van der Waals surface area contributed by atoms with Crippen LogP contribution in [0.4, 0.5) is 0 Å². The molecule has 1 unspecified atom stereocenters. The second-order valence-electron chi connectivity index (χ2n) is 6.41. The van der Waals surface area contributed by atoms with Gasteiger partial charge in [-0.15, -0.1) is 0 Å². The van der Waals surface area contributed by atoms with Gasteiger partial charge in [0.15, 0.2) is 5.96 Å². The SMILES string of the molecule is CN=C(NCc1ccc(C(=O)N(C)C)cc1)N(C)CC1CCOC1. The van der Waals surface area contributed by atoms with Gasteiger partial charge in [-0.3, -0.25) is 9.79 Å². The van der Waals surface area contributed by atoms with E-state index in [-0.39, 0.29) is 5.91 Å². The Balaban J connectivity index is 1.87. The van der Waals surface area contributed by atoms with Crippen LogP contribution >= 0.6 is 0 Å². The number of benzene rings is 1. The second kappa shape index (κ2) is 8.68. The molecule has 0 radical (unpaired) electrons. The second-order valence-corrected chi connectivity index (χ2v) is 6.41. The first-order chi connectivity index (χ1) is 11.5. The summed E-state index contributed by atoms with van der Waals surface area (Å²) in [5, 5.41) is 3.37. The van der Waals surface area contributed by atoms with E-state index in [0.29, 0.717) is 18.0 Å². The maximum Gasteiger partial charge on any atom is 0.253 e. The molecule has 24 heavy (non-hydrogen) atoms. The Morgan fingerprint density at radius 3 is 2.54 bits per heavy atom. The lowest BCUT2D eigenvalue weighted by Crippen LogP contribution is -2.41. The number of guanidine groups is 1. The minimum atomic E-state index is 0.0174. The molecule has 1 heterocycles. The predicted octanol–water partition coefficient (Wildman–Crippen LogP) is 1.43. The topological polar surface area (TPSA) is 57.2 Å². The molecule has 1 atom stereocenters. The van der Waals surface area contributed by atoms with Gasteiger partial charge in [0.2, 0.25) is 0 Å². The molecule has 1 N–H and O–H groups in total. The highest BCUT2D eigenvalue weighted by atomic mass is 16.5. The third-order valence-corrected chi connectivity index (χ3v) is 4.19. The van der Waals surface area contributed by atoms with Gasteiger partial charge in [0, 0.05) is 59.4 Å². The standard InChI is InChI=1S/C18H28N4O2/c1-19-18(22(4)12-15-9-10-24-13-15)20-11-14-5-7-16(8-6-14)17(23)21(2)3/h5-8,15H,9-13H2,1-4H3,(H,19,20). The number of carbonyl (C=O) groups is 1. The van der Waals surface area contributed by atoms with E-state index < -0.39 is 0 Å². The lowest BCUT2D eigenvalue weighted by Gasteiger charge is -2.24. The number of rotatable bonds is 5. The van der Waals surface area contributed by atoms with E-state index in [2.05, 4.69) is 15.2 Å². The Morgan fingerprint density at radius 2 is 2.00 bits per heavy atom. The third kappa shape index (κ3) is 4.96. The predicted molar refractivity (Wildman–Crippen MR) is 96.2 cm³/mol. The average molecular weight is 332 g/mol. The van der Waals surface area contributed by atoms with Crippen molar-refractivity contribution in [3.05, 3.63) is 35.4 Å². The number of nitrogens with zero attached hydrogens (tertiary/aromatic N) is 3. The molecule has 1 aromatic rings. The van der Waals surface area contributed by atoms with Crippen molar-refractivity contribution in [2.75, 3.05) is 47.9 Å². The highest BCUT2D eigenvalue weighted by molar-refractivity contribution is 5.93. The van der Waals surface area contributed by atoms with Crippen molar-refractivity contribution in [2.24, 2.45) is 10.9 Å². The van der Waals surface area contributed by atoms with Crippen molar-refractivity contribution < 1.29 is 9.53 Å². The fraction of sp³-hybridized carbons (Fsp3) is 0.556. The Labute approximate surface area is 144 Å². The molecule has 6 heteroatoms. The number of carbonyl (C=O) groups excluding carboxylic acids is 1. The van der Waals surface area contributed by atoms with Gasteiger partial charge in [0.05, 0.1) is 6.61 Å². The number of aliphatic imine (C=N–C) groups is 1. The van der Waals surface area contributed by atoms with Crippen LogP contribution in [0, 0.1) is 5.92 Å². The van der Waals surface area contributed by atoms with Crippen molar-refractivity contribution in [3.63, 3.8) is 0 Å². The van der Waals surface area contributed by atoms with E-state index >= 15 is 0 Å². The van der Waals surface area contributed by atoms with Crippen LogP contribution < -0.4 is 5.32 Å². The van der Waals surface area contributed by atoms with Gasteiger partial charge < -0.3 is 19.9 Å². The van der Waals surface area contributed by atoms with Gasteiger partial charge in [-0.2, -0.15) is 0 Å². The number of amides is 1. The van der Waals surface area contributed by atoms with Crippen LogP contribution in [0.5, 0.6) is 0 Å². The van der Waals surface area contributed by atoms with E-state index in [0.717, 1.165) is 37.7 Å². The smallest absolute Gasteiger partial charge is 0.253 e. The largest absolute Gasteiger partial charge is 0.381 e. The van der Waals surface area contributed by atoms with E-state index in [4.69, 9.17) is 4.74 Å². The molecule has 6 nitrogen and oxygen atoms in total. The molecule has 132 valence electrons. The molecule has 1 aliphatic rings. The maximum absolute atomic E-state index is 11.9. The normalized spacial score (nSPS) is 17.7. The molecule has 2 rings (SSSR count). The Kier molecular flexibility index (Phi) is 6.61. The number of hydrogen-bond acceptors (Lipinski definition) is 3. The first kappa shape index (κ1) is 18.3. The van der Waals surface area contributed by atoms with Crippen molar-refractivity contribution >= 4 is 11.9 Å². The maximum atomic E-state index is 11.9. The Morgan fingerprint density at radius 1 is 1.29 bits per heavy atom. The van der Waals surface area contributed by atoms with Gasteiger partial charge in [0.1, 0.15) is 0 Å². The quantitative estimate of drug-likeness (QED) is 0.655. The monoisotopic (exact) mass is 332 g/mol. The highest BCUT2D eigenvalue weighted by Gasteiger charge is 2.19. The summed E-state index contributed by atoms with van der Waals surface area (Å²) in [6.45, 7) is 3.32. The molecule has 1 saturated heterocycles. The van der Waals surface area contributed by atoms with Crippen LogP contribution in [-0.4, -0.2) is 69.6 Å². The number of hydrogen-bond donors (Lipinski definition) is 1. The fourth-order valence-electron chi connectivity index (χ4n) is 2.79. The summed E-state index contributed by atoms with van der Waals surface area (Å²) in [7, 11) is 7.36. The van der Waals surface area contributed by atoms with Crippen molar-refractivity contribution in [2.45, 2.75) is 13.0 Å². The third-order valence-electron chi connectivity index (χ3n) is 4.19. The van der Waals surface area contributed by atoms with Gasteiger partial charge in [-0.1, -0.05) is 12.1 Å². The van der Waals surface area contributed by atoms with Crippen LogP contribution in [0.2, 0.25) is 0 Å². The minimum Gasteiger partial charge on any atom is -0.381 e. The van der Waals surface area contributed by atoms with Crippen molar-refractivity contribution in [1.82, 2.24) is 15.1 Å². The van der Waals surface area contributed by atoms with Gasteiger partial charge >= 0.3 is 0 Å². The first-order valence-electron chi connectivity index (χ1n) is 8.31. The molecule has 1 aromatic carbocycles. The molecular formula is C18H28N4O2. The van der Waals surface area contributed by atoms with Crippen LogP contribution in [0.3, 0.4) is 0 Å². The van der Waals surface area contributed by atoms with Crippen LogP contribution in [0.1, 0.15) is 22.3 Å². The van der Waals surface area contributed by atoms with Crippen molar-refractivity contribution in [1.29, 1.82) is 0 Å². The summed E-state index contributed by atoms with van der Waals surface area (Å²) in [5.74, 6) is 1.46. The molecule has 1 aliphatic heterocycles. The van der Waals surface area contributed by atoms with Gasteiger partial charge in [-0.05, 0) is 24.1 Å². The fourth-order valence-corrected chi connectivity index (χ4v) is 2.79. The highest BCUT2D eigenvalue weighted by Crippen LogP contribution is 2.13. The molecule has 0 saturated carbocycles. The molecule has 0 bridgehead atoms. The zero-order chi connectivity index (χ0) is 17.5. The van der Waals surface area contributed by atoms with E-state index in [1.807, 2.05) is 31.3 Å². The molecule has 0 aromatic heterocycles. The summed E-state index contributed by atoms with van der Waals surface area (Å²) < 4.78 is 5.43. The summed E-state index contributed by atoms with van der Waals surface area (Å²) in [6.07, 6.45) is 1.11. The molecule has 0 spiro atoms. The zero-order valence-electron chi connectivity index (χ0n) is 15.1. The molecule has 1 fully saturated rings. The van der Waals surface area contributed by atoms with E-state index in [9.17, 15) is 4.79 Å². The summed E-state index contributed by atoms with van der Waals surface area (Å²) in [4.78, 5) is 20.0.